The van der Waals surface area contributed by atoms with E-state index in [9.17, 15) is 19.8 Å². The minimum atomic E-state index is -1.40. The maximum absolute atomic E-state index is 11.9. The van der Waals surface area contributed by atoms with Gasteiger partial charge in [0.15, 0.2) is 12.0 Å². The summed E-state index contributed by atoms with van der Waals surface area (Å²) in [6.07, 6.45) is -3.82. The van der Waals surface area contributed by atoms with Crippen molar-refractivity contribution in [2.45, 2.75) is 38.4 Å². The lowest BCUT2D eigenvalue weighted by Gasteiger charge is -2.16. The molecule has 0 aliphatic carbocycles. The Morgan fingerprint density at radius 1 is 1.45 bits per heavy atom. The molecule has 1 aliphatic rings. The fraction of sp³-hybridized carbons (Fsp3) is 0.583. The number of rotatable bonds is 3. The Hall–Kier alpha value is -1.77. The number of carbonyl (C=O) groups excluding carboxylic acids is 1. The van der Waals surface area contributed by atoms with E-state index in [-0.39, 0.29) is 17.5 Å². The molecule has 110 valence electrons. The van der Waals surface area contributed by atoms with Crippen molar-refractivity contribution in [3.63, 3.8) is 0 Å². The zero-order valence-electron chi connectivity index (χ0n) is 11.1. The van der Waals surface area contributed by atoms with Crippen molar-refractivity contribution >= 4 is 11.6 Å². The predicted molar refractivity (Wildman–Crippen MR) is 68.7 cm³/mol. The van der Waals surface area contributed by atoms with Crippen LogP contribution in [0.25, 0.3) is 0 Å². The molecule has 0 unspecified atom stereocenters. The van der Waals surface area contributed by atoms with E-state index in [0.29, 0.717) is 0 Å². The summed E-state index contributed by atoms with van der Waals surface area (Å²) in [5, 5.41) is 19.9. The number of hydrogen-bond acceptors (Lipinski definition) is 7. The quantitative estimate of drug-likeness (QED) is 0.627. The average molecular weight is 283 g/mol. The van der Waals surface area contributed by atoms with Gasteiger partial charge >= 0.3 is 5.69 Å². The van der Waals surface area contributed by atoms with Gasteiger partial charge in [0.25, 0.3) is 0 Å². The largest absolute Gasteiger partial charge is 0.387 e. The monoisotopic (exact) mass is 283 g/mol. The molecule has 1 aliphatic heterocycles. The van der Waals surface area contributed by atoms with Crippen molar-refractivity contribution < 1.29 is 19.7 Å². The van der Waals surface area contributed by atoms with Crippen LogP contribution in [0, 0.1) is 5.92 Å². The third kappa shape index (κ3) is 2.45. The second-order valence-corrected chi connectivity index (χ2v) is 5.03. The normalized spacial score (nSPS) is 29.9. The molecule has 20 heavy (non-hydrogen) atoms. The Morgan fingerprint density at radius 2 is 2.10 bits per heavy atom. The van der Waals surface area contributed by atoms with Crippen molar-refractivity contribution in [3.8, 4) is 0 Å². The summed E-state index contributed by atoms with van der Waals surface area (Å²) in [5.41, 5.74) is 4.65. The molecule has 4 N–H and O–H groups in total. The summed E-state index contributed by atoms with van der Waals surface area (Å²) in [7, 11) is 0. The molecule has 8 nitrogen and oxygen atoms in total. The molecular weight excluding hydrogens is 266 g/mol. The number of nitrogen functional groups attached to an aromatic ring is 1. The molecule has 1 aromatic heterocycles. The Morgan fingerprint density at radius 3 is 2.65 bits per heavy atom. The summed E-state index contributed by atoms with van der Waals surface area (Å²) < 4.78 is 6.35. The molecule has 0 aromatic carbocycles. The highest BCUT2D eigenvalue weighted by Crippen LogP contribution is 2.30. The van der Waals surface area contributed by atoms with Crippen LogP contribution in [0.2, 0.25) is 0 Å². The molecule has 1 aromatic rings. The first-order chi connectivity index (χ1) is 9.32. The number of aliphatic hydroxyl groups is 2. The molecule has 2 rings (SSSR count). The van der Waals surface area contributed by atoms with E-state index in [1.807, 2.05) is 0 Å². The van der Waals surface area contributed by atoms with Crippen LogP contribution < -0.4 is 11.4 Å². The van der Waals surface area contributed by atoms with Crippen molar-refractivity contribution in [1.82, 2.24) is 9.55 Å². The summed E-state index contributed by atoms with van der Waals surface area (Å²) in [6.45, 7) is 3.32. The van der Waals surface area contributed by atoms with Crippen LogP contribution in [0.5, 0.6) is 0 Å². The van der Waals surface area contributed by atoms with E-state index in [1.165, 1.54) is 12.3 Å². The highest BCUT2D eigenvalue weighted by atomic mass is 16.6. The van der Waals surface area contributed by atoms with Gasteiger partial charge in [-0.1, -0.05) is 13.8 Å². The molecule has 0 bridgehead atoms. The van der Waals surface area contributed by atoms with Crippen LogP contribution in [0.15, 0.2) is 17.1 Å². The van der Waals surface area contributed by atoms with Crippen molar-refractivity contribution in [3.05, 3.63) is 22.7 Å². The van der Waals surface area contributed by atoms with Gasteiger partial charge in [0.05, 0.1) is 0 Å². The third-order valence-corrected chi connectivity index (χ3v) is 3.21. The minimum absolute atomic E-state index is 0.0362. The van der Waals surface area contributed by atoms with Gasteiger partial charge in [-0.25, -0.2) is 4.79 Å². The minimum Gasteiger partial charge on any atom is -0.387 e. The van der Waals surface area contributed by atoms with Gasteiger partial charge in [-0.05, 0) is 6.07 Å². The number of aliphatic hydroxyl groups excluding tert-OH is 2. The smallest absolute Gasteiger partial charge is 0.351 e. The maximum Gasteiger partial charge on any atom is 0.351 e. The molecule has 2 heterocycles. The molecule has 0 saturated carbocycles. The Balaban J connectivity index is 2.31. The third-order valence-electron chi connectivity index (χ3n) is 3.21. The van der Waals surface area contributed by atoms with Crippen LogP contribution in [-0.2, 0) is 9.53 Å². The molecule has 4 atom stereocenters. The lowest BCUT2D eigenvalue weighted by atomic mass is 9.99. The summed E-state index contributed by atoms with van der Waals surface area (Å²) in [6, 6.07) is 1.36. The first-order valence-corrected chi connectivity index (χ1v) is 6.23. The fourth-order valence-corrected chi connectivity index (χ4v) is 2.07. The summed E-state index contributed by atoms with van der Waals surface area (Å²) in [5.74, 6) is -0.661. The van der Waals surface area contributed by atoms with Crippen LogP contribution >= 0.6 is 0 Å². The van der Waals surface area contributed by atoms with E-state index >= 15 is 0 Å². The van der Waals surface area contributed by atoms with Gasteiger partial charge in [-0.3, -0.25) is 9.36 Å². The topological polar surface area (TPSA) is 128 Å². The van der Waals surface area contributed by atoms with Gasteiger partial charge in [0, 0.05) is 12.1 Å². The van der Waals surface area contributed by atoms with Gasteiger partial charge in [-0.15, -0.1) is 0 Å². The molecule has 1 saturated heterocycles. The molecule has 1 fully saturated rings. The Labute approximate surface area is 114 Å². The number of hydrogen-bond donors (Lipinski definition) is 3. The second-order valence-electron chi connectivity index (χ2n) is 5.03. The maximum atomic E-state index is 11.9. The van der Waals surface area contributed by atoms with E-state index in [4.69, 9.17) is 10.5 Å². The number of ketones is 1. The number of anilines is 1. The van der Waals surface area contributed by atoms with Crippen molar-refractivity contribution in [2.75, 3.05) is 5.73 Å². The first-order valence-electron chi connectivity index (χ1n) is 6.23. The van der Waals surface area contributed by atoms with E-state index < -0.39 is 30.2 Å². The first kappa shape index (κ1) is 14.6. The zero-order valence-corrected chi connectivity index (χ0v) is 11.1. The summed E-state index contributed by atoms with van der Waals surface area (Å²) >= 11 is 0. The highest BCUT2D eigenvalue weighted by molar-refractivity contribution is 5.85. The van der Waals surface area contributed by atoms with Crippen LogP contribution in [0.1, 0.15) is 20.1 Å². The fourth-order valence-electron chi connectivity index (χ4n) is 2.07. The van der Waals surface area contributed by atoms with E-state index in [2.05, 4.69) is 4.98 Å². The van der Waals surface area contributed by atoms with Crippen LogP contribution in [-0.4, -0.2) is 43.9 Å². The van der Waals surface area contributed by atoms with E-state index in [0.717, 1.165) is 4.57 Å². The predicted octanol–water partition coefficient (Wildman–Crippen LogP) is -1.33. The van der Waals surface area contributed by atoms with Gasteiger partial charge in [-0.2, -0.15) is 4.98 Å². The Kier molecular flexibility index (Phi) is 3.89. The lowest BCUT2D eigenvalue weighted by molar-refractivity contribution is -0.138. The van der Waals surface area contributed by atoms with Crippen LogP contribution in [0.4, 0.5) is 5.82 Å². The zero-order chi connectivity index (χ0) is 15.0. The van der Waals surface area contributed by atoms with E-state index in [1.54, 1.807) is 13.8 Å². The van der Waals surface area contributed by atoms with Crippen molar-refractivity contribution in [1.29, 1.82) is 0 Å². The lowest BCUT2D eigenvalue weighted by Crippen LogP contribution is -2.38. The number of Topliss-reactive ketones (excluding diaryl/α,β-unsaturated/α-hetero) is 1. The van der Waals surface area contributed by atoms with Gasteiger partial charge in [0.2, 0.25) is 0 Å². The molecule has 0 amide bonds. The van der Waals surface area contributed by atoms with Crippen molar-refractivity contribution in [2.24, 2.45) is 5.92 Å². The van der Waals surface area contributed by atoms with Gasteiger partial charge in [0.1, 0.15) is 24.1 Å². The number of aromatic nitrogens is 2. The van der Waals surface area contributed by atoms with Crippen LogP contribution in [0.3, 0.4) is 0 Å². The molecular formula is C12H17N3O5. The second kappa shape index (κ2) is 5.31. The highest BCUT2D eigenvalue weighted by Gasteiger charge is 2.47. The standard InChI is InChI=1S/C12H17N3O5/c1-5(2)7(16)10-8(17)9(18)11(20-10)15-4-3-6(13)14-12(15)19/h3-5,8-11,17-18H,1-2H3,(H2,13,14,19)/t8-,9+,10+,11+/m0/s1. The number of nitrogens with two attached hydrogens (primary N) is 1. The SMILES string of the molecule is CC(C)C(=O)[C@H]1O[C@@H](n2ccc(N)nc2=O)[C@H](O)[C@@H]1O. The molecule has 0 spiro atoms. The summed E-state index contributed by atoms with van der Waals surface area (Å²) in [4.78, 5) is 27.1. The Bertz CT molecular complexity index is 570. The number of carbonyl (C=O) groups is 1. The molecule has 8 heteroatoms. The molecule has 0 radical (unpaired) electrons. The average Bonchev–Trinajstić information content (AvgIpc) is 2.66. The van der Waals surface area contributed by atoms with Gasteiger partial charge < -0.3 is 20.7 Å². The number of ether oxygens (including phenoxy) is 1. The number of nitrogens with zero attached hydrogens (tertiary/aromatic N) is 2.